The largest absolute Gasteiger partial charge is 0.382 e. The maximum absolute atomic E-state index is 14.4. The molecule has 0 unspecified atom stereocenters. The van der Waals surface area contributed by atoms with E-state index in [-0.39, 0.29) is 66.5 Å². The number of anilines is 3. The van der Waals surface area contributed by atoms with Crippen molar-refractivity contribution < 1.29 is 43.1 Å². The molecule has 0 radical (unpaired) electrons. The number of nitro groups is 1. The molecular weight excluding hydrogens is 2180 g/mol. The quantitative estimate of drug-likeness (QED) is 0.00556. The number of hydrogen-bond acceptors (Lipinski definition) is 19. The summed E-state index contributed by atoms with van der Waals surface area (Å²) < 4.78 is 11.7. The third-order valence-electron chi connectivity index (χ3n) is 15.9. The standard InChI is InChI=1S/C66H81I8N15O10/c67-43-29-38(30-44(68)42(43)12-9-20-75)55(90)16-5-1-3-14-52(85-63(93)40-33-47(71)59(48(72)34-40)80-27-22-77)65(95)82-24-8-7-13-51(84-62(92)39-31-45(69)58(46(70)32-39)79-26-21-76)56(91)17-6-2-4-15-53(86-64(94)41-35-49(73)60(50(74)36-41)81-28-23-78)66(96)83-25-10-11-37-18-19-54(89(97)98)61-57(37)87-99-88-61/h18-19,29-36,51-53,79-81H,1-17,20-28,75-78H2,(H,82,95)(H,83,96)(H,84,92)(H,85,93)(H,86,94)/t51-,52-,53-/m0/s1. The maximum Gasteiger partial charge on any atom is 0.300 e. The van der Waals surface area contributed by atoms with Crippen LogP contribution >= 0.6 is 181 Å². The molecule has 6 aromatic rings. The number of amides is 5. The van der Waals surface area contributed by atoms with E-state index in [1.807, 2.05) is 12.1 Å². The van der Waals surface area contributed by atoms with Gasteiger partial charge in [-0.15, -0.1) is 0 Å². The van der Waals surface area contributed by atoms with E-state index < -0.39 is 46.7 Å². The van der Waals surface area contributed by atoms with E-state index in [1.165, 1.54) is 11.6 Å². The van der Waals surface area contributed by atoms with Crippen LogP contribution in [0.4, 0.5) is 22.7 Å². The van der Waals surface area contributed by atoms with Gasteiger partial charge >= 0.3 is 5.69 Å². The molecule has 0 aliphatic carbocycles. The summed E-state index contributed by atoms with van der Waals surface area (Å²) in [6.07, 6.45) is 7.79. The molecule has 1 heterocycles. The molecule has 33 heteroatoms. The fourth-order valence-corrected chi connectivity index (χ4v) is 19.5. The Hall–Kier alpha value is -3.33. The molecule has 0 spiro atoms. The Morgan fingerprint density at radius 1 is 0.444 bits per heavy atom. The number of carbonyl (C=O) groups is 7. The number of unbranched alkanes of at least 4 members (excludes halogenated alkanes) is 5. The summed E-state index contributed by atoms with van der Waals surface area (Å²) in [6, 6.07) is 14.5. The summed E-state index contributed by atoms with van der Waals surface area (Å²) in [4.78, 5) is 109. The van der Waals surface area contributed by atoms with Crippen molar-refractivity contribution in [3.05, 3.63) is 133 Å². The molecule has 536 valence electrons. The van der Waals surface area contributed by atoms with Crippen molar-refractivity contribution in [1.29, 1.82) is 0 Å². The molecule has 16 N–H and O–H groups in total. The van der Waals surface area contributed by atoms with Gasteiger partial charge in [-0.3, -0.25) is 43.7 Å². The highest BCUT2D eigenvalue weighted by Crippen LogP contribution is 2.31. The Bertz CT molecular complexity index is 3720. The zero-order valence-corrected chi connectivity index (χ0v) is 71.4. The van der Waals surface area contributed by atoms with Crippen molar-refractivity contribution in [2.45, 2.75) is 127 Å². The lowest BCUT2D eigenvalue weighted by Crippen LogP contribution is -2.47. The summed E-state index contributed by atoms with van der Waals surface area (Å²) in [5.41, 5.74) is 29.3. The molecule has 6 rings (SSSR count). The first kappa shape index (κ1) is 84.6. The lowest BCUT2D eigenvalue weighted by atomic mass is 9.98. The van der Waals surface area contributed by atoms with Crippen LogP contribution in [0.1, 0.15) is 149 Å². The van der Waals surface area contributed by atoms with Gasteiger partial charge < -0.3 is 65.5 Å². The van der Waals surface area contributed by atoms with E-state index in [0.717, 1.165) is 58.5 Å². The topological polar surface area (TPSA) is 402 Å². The van der Waals surface area contributed by atoms with Crippen LogP contribution in [0.2, 0.25) is 0 Å². The van der Waals surface area contributed by atoms with Crippen molar-refractivity contribution >= 4 is 256 Å². The SMILES string of the molecule is NCCCc1c(I)cc(C(=O)CCCCC[C@H](NC(=O)c2cc(I)c(NCCN)c(I)c2)C(=O)NCCCC[C@H](NC(=O)c2cc(I)c(NCCN)c(I)c2)C(=O)CCCCC[C@H](NC(=O)c2cc(I)c(NCCN)c(I)c2)C(=O)NCCCc2ccc([N+](=O)[O-])c3nonc23)cc1I. The Morgan fingerprint density at radius 3 is 1.29 bits per heavy atom. The highest BCUT2D eigenvalue weighted by molar-refractivity contribution is 14.1. The van der Waals surface area contributed by atoms with Crippen molar-refractivity contribution in [2.24, 2.45) is 22.9 Å². The highest BCUT2D eigenvalue weighted by Gasteiger charge is 2.28. The van der Waals surface area contributed by atoms with Crippen molar-refractivity contribution in [1.82, 2.24) is 36.9 Å². The summed E-state index contributed by atoms with van der Waals surface area (Å²) in [5.74, 6) is -2.24. The highest BCUT2D eigenvalue weighted by atomic mass is 127. The Kier molecular flexibility index (Phi) is 38.0. The second kappa shape index (κ2) is 44.5. The van der Waals surface area contributed by atoms with Gasteiger partial charge in [0.1, 0.15) is 17.6 Å². The number of halogens is 8. The van der Waals surface area contributed by atoms with E-state index in [4.69, 9.17) is 27.6 Å². The second-order valence-corrected chi connectivity index (χ2v) is 32.5. The number of ketones is 2. The van der Waals surface area contributed by atoms with Gasteiger partial charge in [0, 0.05) is 122 Å². The van der Waals surface area contributed by atoms with Gasteiger partial charge in [0.05, 0.1) is 28.0 Å². The molecule has 0 saturated carbocycles. The van der Waals surface area contributed by atoms with Gasteiger partial charge in [-0.25, -0.2) is 4.63 Å². The van der Waals surface area contributed by atoms with Crippen LogP contribution < -0.4 is 65.5 Å². The molecule has 0 fully saturated rings. The first-order chi connectivity index (χ1) is 47.5. The van der Waals surface area contributed by atoms with E-state index in [1.54, 1.807) is 42.5 Å². The van der Waals surface area contributed by atoms with Crippen molar-refractivity contribution in [3.8, 4) is 0 Å². The predicted octanol–water partition coefficient (Wildman–Crippen LogP) is 11.1. The molecule has 99 heavy (non-hydrogen) atoms. The molecule has 1 aromatic heterocycles. The molecule has 0 bridgehead atoms. The van der Waals surface area contributed by atoms with Crippen LogP contribution in [0.15, 0.2) is 65.3 Å². The molecule has 3 atom stereocenters. The number of hydrogen-bond donors (Lipinski definition) is 12. The molecular formula is C66H81I8N15O10. The molecule has 0 aliphatic heterocycles. The van der Waals surface area contributed by atoms with Crippen LogP contribution in [-0.2, 0) is 27.2 Å². The third kappa shape index (κ3) is 26.6. The fourth-order valence-electron chi connectivity index (χ4n) is 10.7. The number of Topliss-reactive ketones (excluding diaryl/α,β-unsaturated/α-hetero) is 2. The van der Waals surface area contributed by atoms with Gasteiger partial charge in [-0.2, -0.15) is 0 Å². The minimum atomic E-state index is -0.960. The summed E-state index contributed by atoms with van der Waals surface area (Å²) >= 11 is 17.5. The van der Waals surface area contributed by atoms with Crippen LogP contribution in [0.3, 0.4) is 0 Å². The Morgan fingerprint density at radius 2 is 0.848 bits per heavy atom. The summed E-state index contributed by atoms with van der Waals surface area (Å²) in [6.45, 7) is 3.89. The summed E-state index contributed by atoms with van der Waals surface area (Å²) in [5, 5.41) is 43.9. The van der Waals surface area contributed by atoms with E-state index in [9.17, 15) is 43.7 Å². The van der Waals surface area contributed by atoms with Gasteiger partial charge in [-0.1, -0.05) is 25.7 Å². The minimum Gasteiger partial charge on any atom is -0.382 e. The average molecular weight is 2260 g/mol. The fraction of sp³-hybridized carbons (Fsp3) is 0.439. The number of benzene rings is 5. The van der Waals surface area contributed by atoms with Crippen molar-refractivity contribution in [3.63, 3.8) is 0 Å². The van der Waals surface area contributed by atoms with Gasteiger partial charge in [0.2, 0.25) is 17.3 Å². The number of rotatable bonds is 44. The van der Waals surface area contributed by atoms with Crippen LogP contribution in [0.5, 0.6) is 0 Å². The Balaban J connectivity index is 1.11. The van der Waals surface area contributed by atoms with Gasteiger partial charge in [0.25, 0.3) is 17.7 Å². The number of aryl methyl sites for hydroxylation is 1. The monoisotopic (exact) mass is 2260 g/mol. The number of non-ortho nitro benzene ring substituents is 1. The number of nitrogens with one attached hydrogen (secondary N) is 8. The molecule has 25 nitrogen and oxygen atoms in total. The number of nitrogens with two attached hydrogens (primary N) is 4. The molecule has 0 aliphatic rings. The number of fused-ring (bicyclic) bond motifs is 1. The molecule has 5 aromatic carbocycles. The lowest BCUT2D eigenvalue weighted by molar-refractivity contribution is -0.383. The zero-order chi connectivity index (χ0) is 72.1. The normalized spacial score (nSPS) is 12.1. The first-order valence-electron chi connectivity index (χ1n) is 32.4. The lowest BCUT2D eigenvalue weighted by Gasteiger charge is -2.21. The van der Waals surface area contributed by atoms with Crippen LogP contribution in [0, 0.1) is 38.7 Å². The van der Waals surface area contributed by atoms with E-state index >= 15 is 0 Å². The number of nitrogens with zero attached hydrogens (tertiary/aromatic N) is 3. The first-order valence-corrected chi connectivity index (χ1v) is 41.0. The Labute approximate surface area is 684 Å². The number of aromatic nitrogens is 2. The molecule has 0 saturated heterocycles. The summed E-state index contributed by atoms with van der Waals surface area (Å²) in [7, 11) is 0. The van der Waals surface area contributed by atoms with Crippen LogP contribution in [0.25, 0.3) is 11.0 Å². The molecule has 5 amide bonds. The van der Waals surface area contributed by atoms with E-state index in [2.05, 4.69) is 234 Å². The maximum atomic E-state index is 14.4. The zero-order valence-electron chi connectivity index (χ0n) is 54.1. The van der Waals surface area contributed by atoms with E-state index in [0.29, 0.717) is 151 Å². The van der Waals surface area contributed by atoms with Gasteiger partial charge in [-0.05, 0) is 334 Å². The number of carbonyl (C=O) groups excluding carboxylic acids is 7. The smallest absolute Gasteiger partial charge is 0.300 e. The average Bonchev–Trinajstić information content (AvgIpc) is 1.79. The van der Waals surface area contributed by atoms with Crippen LogP contribution in [-0.4, -0.2) is 133 Å². The third-order valence-corrected chi connectivity index (χ3v) is 22.9. The number of nitro benzene ring substituents is 1. The van der Waals surface area contributed by atoms with Gasteiger partial charge in [0.15, 0.2) is 11.6 Å². The second-order valence-electron chi connectivity index (χ2n) is 23.2. The predicted molar refractivity (Wildman–Crippen MR) is 453 cm³/mol. The minimum absolute atomic E-state index is 0.0308. The van der Waals surface area contributed by atoms with Crippen molar-refractivity contribution in [2.75, 3.05) is 74.9 Å².